The number of nitrogens with one attached hydrogen (secondary N) is 1. The summed E-state index contributed by atoms with van der Waals surface area (Å²) in [5.74, 6) is 0.154. The molecular weight excluding hydrogens is 270 g/mol. The van der Waals surface area contributed by atoms with Gasteiger partial charge in [0.15, 0.2) is 10.9 Å². The normalized spacial score (nSPS) is 11.2. The summed E-state index contributed by atoms with van der Waals surface area (Å²) in [6.45, 7) is 4.02. The Morgan fingerprint density at radius 1 is 1.35 bits per heavy atom. The van der Waals surface area contributed by atoms with Gasteiger partial charge in [-0.3, -0.25) is 4.79 Å². The van der Waals surface area contributed by atoms with Crippen LogP contribution in [0.2, 0.25) is 0 Å². The highest BCUT2D eigenvalue weighted by molar-refractivity contribution is 7.18. The minimum Gasteiger partial charge on any atom is -0.382 e. The average molecular weight is 287 g/mol. The van der Waals surface area contributed by atoms with Crippen LogP contribution in [0.5, 0.6) is 0 Å². The van der Waals surface area contributed by atoms with Gasteiger partial charge in [-0.1, -0.05) is 47.7 Å². The SMILES string of the molecule is CC(C)Nc1nc(N)c(C(=O)/C=C/c2ccccc2)s1. The van der Waals surface area contributed by atoms with E-state index in [4.69, 9.17) is 5.73 Å². The molecule has 0 aliphatic carbocycles. The zero-order chi connectivity index (χ0) is 14.5. The molecule has 0 aliphatic heterocycles. The van der Waals surface area contributed by atoms with Crippen molar-refractivity contribution in [1.29, 1.82) is 0 Å². The quantitative estimate of drug-likeness (QED) is 0.653. The highest BCUT2D eigenvalue weighted by Gasteiger charge is 2.14. The molecule has 3 N–H and O–H groups in total. The smallest absolute Gasteiger partial charge is 0.199 e. The Balaban J connectivity index is 2.13. The van der Waals surface area contributed by atoms with Crippen molar-refractivity contribution >= 4 is 34.1 Å². The molecule has 0 fully saturated rings. The van der Waals surface area contributed by atoms with Gasteiger partial charge in [0.2, 0.25) is 0 Å². The third-order valence-corrected chi connectivity index (χ3v) is 3.53. The number of anilines is 2. The van der Waals surface area contributed by atoms with Crippen LogP contribution in [0.4, 0.5) is 10.9 Å². The number of carbonyl (C=O) groups excluding carboxylic acids is 1. The van der Waals surface area contributed by atoms with Gasteiger partial charge < -0.3 is 11.1 Å². The van der Waals surface area contributed by atoms with Crippen molar-refractivity contribution in [3.8, 4) is 0 Å². The summed E-state index contributed by atoms with van der Waals surface area (Å²) in [5.41, 5.74) is 6.77. The molecule has 0 saturated heterocycles. The van der Waals surface area contributed by atoms with E-state index in [1.807, 2.05) is 44.2 Å². The molecule has 0 unspecified atom stereocenters. The number of nitrogen functional groups attached to an aromatic ring is 1. The lowest BCUT2D eigenvalue weighted by Crippen LogP contribution is -2.09. The monoisotopic (exact) mass is 287 g/mol. The minimum absolute atomic E-state index is 0.124. The Kier molecular flexibility index (Phi) is 4.53. The van der Waals surface area contributed by atoms with Gasteiger partial charge in [-0.2, -0.15) is 0 Å². The van der Waals surface area contributed by atoms with E-state index in [0.29, 0.717) is 10.0 Å². The summed E-state index contributed by atoms with van der Waals surface area (Å²) in [4.78, 5) is 16.7. The van der Waals surface area contributed by atoms with E-state index in [0.717, 1.165) is 5.56 Å². The first-order valence-electron chi connectivity index (χ1n) is 6.36. The van der Waals surface area contributed by atoms with Crippen molar-refractivity contribution < 1.29 is 4.79 Å². The van der Waals surface area contributed by atoms with Gasteiger partial charge in [-0.25, -0.2) is 4.98 Å². The molecule has 2 rings (SSSR count). The summed E-state index contributed by atoms with van der Waals surface area (Å²) in [6, 6.07) is 9.91. The van der Waals surface area contributed by atoms with Gasteiger partial charge >= 0.3 is 0 Å². The molecule has 0 amide bonds. The fraction of sp³-hybridized carbons (Fsp3) is 0.200. The van der Waals surface area contributed by atoms with Crippen molar-refractivity contribution in [2.75, 3.05) is 11.1 Å². The number of rotatable bonds is 5. The number of nitrogens with zero attached hydrogens (tertiary/aromatic N) is 1. The van der Waals surface area contributed by atoms with Crippen molar-refractivity contribution in [2.45, 2.75) is 19.9 Å². The predicted octanol–water partition coefficient (Wildman–Crippen LogP) is 3.44. The summed E-state index contributed by atoms with van der Waals surface area (Å²) in [7, 11) is 0. The van der Waals surface area contributed by atoms with Crippen LogP contribution in [0.15, 0.2) is 36.4 Å². The number of thiazole rings is 1. The minimum atomic E-state index is -0.124. The Bertz CT molecular complexity index is 617. The number of benzene rings is 1. The molecule has 0 spiro atoms. The third-order valence-electron chi connectivity index (χ3n) is 2.52. The number of ketones is 1. The van der Waals surface area contributed by atoms with Gasteiger partial charge in [-0.05, 0) is 25.5 Å². The molecule has 0 saturated carbocycles. The fourth-order valence-electron chi connectivity index (χ4n) is 1.63. The standard InChI is InChI=1S/C15H17N3OS/c1-10(2)17-15-18-14(16)13(20-15)12(19)9-8-11-6-4-3-5-7-11/h3-10H,16H2,1-2H3,(H,17,18)/b9-8+. The second kappa shape index (κ2) is 6.34. The van der Waals surface area contributed by atoms with E-state index in [9.17, 15) is 4.79 Å². The molecule has 20 heavy (non-hydrogen) atoms. The molecule has 5 heteroatoms. The van der Waals surface area contributed by atoms with Crippen molar-refractivity contribution in [2.24, 2.45) is 0 Å². The van der Waals surface area contributed by atoms with Gasteiger partial charge in [0, 0.05) is 6.04 Å². The van der Waals surface area contributed by atoms with Gasteiger partial charge in [-0.15, -0.1) is 0 Å². The second-order valence-electron chi connectivity index (χ2n) is 4.64. The van der Waals surface area contributed by atoms with E-state index < -0.39 is 0 Å². The average Bonchev–Trinajstić information content (AvgIpc) is 2.77. The fourth-order valence-corrected chi connectivity index (χ4v) is 2.58. The number of nitrogens with two attached hydrogens (primary N) is 1. The first-order chi connectivity index (χ1) is 9.56. The molecule has 0 aliphatic rings. The molecule has 0 atom stereocenters. The van der Waals surface area contributed by atoms with E-state index in [-0.39, 0.29) is 17.6 Å². The van der Waals surface area contributed by atoms with Crippen LogP contribution in [-0.4, -0.2) is 16.8 Å². The second-order valence-corrected chi connectivity index (χ2v) is 5.64. The molecule has 0 bridgehead atoms. The molecule has 4 nitrogen and oxygen atoms in total. The third kappa shape index (κ3) is 3.68. The van der Waals surface area contributed by atoms with Crippen LogP contribution in [0.3, 0.4) is 0 Å². The van der Waals surface area contributed by atoms with E-state index >= 15 is 0 Å². The van der Waals surface area contributed by atoms with Gasteiger partial charge in [0.05, 0.1) is 0 Å². The molecule has 1 heterocycles. The van der Waals surface area contributed by atoms with Crippen LogP contribution in [0.25, 0.3) is 6.08 Å². The maximum atomic E-state index is 12.1. The Morgan fingerprint density at radius 2 is 2.05 bits per heavy atom. The van der Waals surface area contributed by atoms with Crippen LogP contribution in [0.1, 0.15) is 29.1 Å². The molecule has 1 aromatic heterocycles. The number of carbonyl (C=O) groups is 1. The summed E-state index contributed by atoms with van der Waals surface area (Å²) < 4.78 is 0. The molecule has 1 aromatic carbocycles. The first kappa shape index (κ1) is 14.3. The summed E-state index contributed by atoms with van der Waals surface area (Å²) in [6.07, 6.45) is 3.30. The van der Waals surface area contributed by atoms with Crippen molar-refractivity contribution in [3.63, 3.8) is 0 Å². The zero-order valence-corrected chi connectivity index (χ0v) is 12.3. The highest BCUT2D eigenvalue weighted by Crippen LogP contribution is 2.26. The largest absolute Gasteiger partial charge is 0.382 e. The number of hydrogen-bond acceptors (Lipinski definition) is 5. The van der Waals surface area contributed by atoms with E-state index in [2.05, 4.69) is 10.3 Å². The van der Waals surface area contributed by atoms with Gasteiger partial charge in [0.25, 0.3) is 0 Å². The number of hydrogen-bond donors (Lipinski definition) is 2. The lowest BCUT2D eigenvalue weighted by Gasteiger charge is -2.03. The van der Waals surface area contributed by atoms with Crippen LogP contribution in [0, 0.1) is 0 Å². The predicted molar refractivity (Wildman–Crippen MR) is 85.1 cm³/mol. The maximum Gasteiger partial charge on any atom is 0.199 e. The van der Waals surface area contributed by atoms with Gasteiger partial charge in [0.1, 0.15) is 10.7 Å². The zero-order valence-electron chi connectivity index (χ0n) is 11.5. The Morgan fingerprint density at radius 3 is 2.70 bits per heavy atom. The topological polar surface area (TPSA) is 68.0 Å². The first-order valence-corrected chi connectivity index (χ1v) is 7.18. The van der Waals surface area contributed by atoms with Crippen LogP contribution < -0.4 is 11.1 Å². The van der Waals surface area contributed by atoms with Crippen molar-refractivity contribution in [1.82, 2.24) is 4.98 Å². The molecule has 2 aromatic rings. The maximum absolute atomic E-state index is 12.1. The Hall–Kier alpha value is -2.14. The van der Waals surface area contributed by atoms with E-state index in [1.54, 1.807) is 6.08 Å². The summed E-state index contributed by atoms with van der Waals surface area (Å²) >= 11 is 1.28. The summed E-state index contributed by atoms with van der Waals surface area (Å²) in [5, 5.41) is 3.82. The molecular formula is C15H17N3OS. The van der Waals surface area contributed by atoms with Crippen molar-refractivity contribution in [3.05, 3.63) is 46.8 Å². The Labute approximate surface area is 122 Å². The number of aromatic nitrogens is 1. The highest BCUT2D eigenvalue weighted by atomic mass is 32.1. The molecule has 104 valence electrons. The van der Waals surface area contributed by atoms with Crippen LogP contribution in [-0.2, 0) is 0 Å². The number of allylic oxidation sites excluding steroid dienone is 1. The van der Waals surface area contributed by atoms with Crippen LogP contribution >= 0.6 is 11.3 Å². The molecule has 0 radical (unpaired) electrons. The van der Waals surface area contributed by atoms with E-state index in [1.165, 1.54) is 17.4 Å². The lowest BCUT2D eigenvalue weighted by atomic mass is 10.2. The lowest BCUT2D eigenvalue weighted by molar-refractivity contribution is 0.105.